The van der Waals surface area contributed by atoms with Gasteiger partial charge in [-0.1, -0.05) is 24.3 Å². The predicted molar refractivity (Wildman–Crippen MR) is 106 cm³/mol. The van der Waals surface area contributed by atoms with Crippen LogP contribution in [-0.4, -0.2) is 30.9 Å². The Morgan fingerprint density at radius 3 is 2.25 bits per heavy atom. The number of hydrogen-bond acceptors (Lipinski definition) is 4. The van der Waals surface area contributed by atoms with Crippen LogP contribution in [0.5, 0.6) is 0 Å². The zero-order valence-electron chi connectivity index (χ0n) is 15.6. The second-order valence-corrected chi connectivity index (χ2v) is 6.61. The molecule has 0 aromatic heterocycles. The number of rotatable bonds is 7. The molecule has 28 heavy (non-hydrogen) atoms. The van der Waals surface area contributed by atoms with E-state index in [1.54, 1.807) is 54.6 Å². The van der Waals surface area contributed by atoms with Crippen LogP contribution in [0.4, 0.5) is 0 Å². The third kappa shape index (κ3) is 5.54. The molecule has 0 saturated heterocycles. The normalized spacial score (nSPS) is 13.2. The summed E-state index contributed by atoms with van der Waals surface area (Å²) in [5, 5.41) is 5.72. The van der Waals surface area contributed by atoms with Crippen LogP contribution < -0.4 is 10.6 Å². The fourth-order valence-electron chi connectivity index (χ4n) is 2.54. The van der Waals surface area contributed by atoms with Crippen LogP contribution in [0.2, 0.25) is 0 Å². The number of ether oxygens (including phenoxy) is 1. The molecule has 2 aromatic carbocycles. The van der Waals surface area contributed by atoms with Crippen molar-refractivity contribution < 1.29 is 19.1 Å². The smallest absolute Gasteiger partial charge is 0.337 e. The first-order valence-electron chi connectivity index (χ1n) is 9.09. The molecule has 0 unspecified atom stereocenters. The number of carbonyl (C=O) groups is 3. The maximum atomic E-state index is 12.0. The van der Waals surface area contributed by atoms with E-state index in [4.69, 9.17) is 0 Å². The fourth-order valence-corrected chi connectivity index (χ4v) is 2.54. The highest BCUT2D eigenvalue weighted by atomic mass is 16.5. The molecule has 1 fully saturated rings. The molecule has 144 valence electrons. The van der Waals surface area contributed by atoms with Crippen LogP contribution in [0.15, 0.2) is 54.6 Å². The Morgan fingerprint density at radius 2 is 1.64 bits per heavy atom. The van der Waals surface area contributed by atoms with Crippen molar-refractivity contribution in [2.75, 3.05) is 7.11 Å². The van der Waals surface area contributed by atoms with Gasteiger partial charge in [-0.3, -0.25) is 9.59 Å². The SMILES string of the molecule is COC(=O)c1ccc(CNC(=O)/C=C/c2ccc(C(=O)NC3CC3)cc2)cc1. The number of amides is 2. The molecule has 1 aliphatic carbocycles. The summed E-state index contributed by atoms with van der Waals surface area (Å²) in [5.74, 6) is -0.684. The van der Waals surface area contributed by atoms with Gasteiger partial charge in [-0.15, -0.1) is 0 Å². The van der Waals surface area contributed by atoms with Gasteiger partial charge in [0, 0.05) is 24.2 Å². The van der Waals surface area contributed by atoms with E-state index in [2.05, 4.69) is 15.4 Å². The maximum absolute atomic E-state index is 12.0. The van der Waals surface area contributed by atoms with Gasteiger partial charge in [0.25, 0.3) is 5.91 Å². The Bertz CT molecular complexity index is 882. The van der Waals surface area contributed by atoms with Crippen molar-refractivity contribution in [3.63, 3.8) is 0 Å². The first-order chi connectivity index (χ1) is 13.5. The fraction of sp³-hybridized carbons (Fsp3) is 0.227. The number of hydrogen-bond donors (Lipinski definition) is 2. The summed E-state index contributed by atoms with van der Waals surface area (Å²) >= 11 is 0. The third-order valence-corrected chi connectivity index (χ3v) is 4.35. The summed E-state index contributed by atoms with van der Waals surface area (Å²) in [6.07, 6.45) is 5.24. The van der Waals surface area contributed by atoms with E-state index >= 15 is 0 Å². The Labute approximate surface area is 163 Å². The van der Waals surface area contributed by atoms with Gasteiger partial charge in [-0.2, -0.15) is 0 Å². The second kappa shape index (κ2) is 8.99. The van der Waals surface area contributed by atoms with Crippen LogP contribution in [-0.2, 0) is 16.1 Å². The lowest BCUT2D eigenvalue weighted by atomic mass is 10.1. The van der Waals surface area contributed by atoms with Gasteiger partial charge < -0.3 is 15.4 Å². The van der Waals surface area contributed by atoms with Crippen LogP contribution >= 0.6 is 0 Å². The standard InChI is InChI=1S/C22H22N2O4/c1-28-22(27)18-9-4-16(5-10-18)14-23-20(25)13-6-15-2-7-17(8-3-15)21(26)24-19-11-12-19/h2-10,13,19H,11-12,14H2,1H3,(H,23,25)(H,24,26)/b13-6+. The maximum Gasteiger partial charge on any atom is 0.337 e. The highest BCUT2D eigenvalue weighted by molar-refractivity contribution is 5.95. The van der Waals surface area contributed by atoms with Crippen molar-refractivity contribution in [1.29, 1.82) is 0 Å². The molecule has 1 aliphatic rings. The van der Waals surface area contributed by atoms with Gasteiger partial charge in [0.05, 0.1) is 12.7 Å². The van der Waals surface area contributed by atoms with E-state index in [1.807, 2.05) is 0 Å². The average Bonchev–Trinajstić information content (AvgIpc) is 3.54. The van der Waals surface area contributed by atoms with Crippen LogP contribution in [0.1, 0.15) is 44.7 Å². The summed E-state index contributed by atoms with van der Waals surface area (Å²) in [7, 11) is 1.33. The van der Waals surface area contributed by atoms with Crippen LogP contribution in [0.25, 0.3) is 6.08 Å². The quantitative estimate of drug-likeness (QED) is 0.573. The minimum atomic E-state index is -0.394. The Hall–Kier alpha value is -3.41. The zero-order chi connectivity index (χ0) is 19.9. The first kappa shape index (κ1) is 19.4. The van der Waals surface area contributed by atoms with E-state index < -0.39 is 5.97 Å². The largest absolute Gasteiger partial charge is 0.465 e. The van der Waals surface area contributed by atoms with Gasteiger partial charge in [-0.05, 0) is 54.3 Å². The molecule has 0 atom stereocenters. The Kier molecular flexibility index (Phi) is 6.22. The minimum Gasteiger partial charge on any atom is -0.465 e. The average molecular weight is 378 g/mol. The minimum absolute atomic E-state index is 0.0611. The van der Waals surface area contributed by atoms with Crippen LogP contribution in [0, 0.1) is 0 Å². The number of esters is 1. The van der Waals surface area contributed by atoms with E-state index in [1.165, 1.54) is 13.2 Å². The predicted octanol–water partition coefficient (Wildman–Crippen LogP) is 2.70. The second-order valence-electron chi connectivity index (χ2n) is 6.61. The van der Waals surface area contributed by atoms with Gasteiger partial charge in [0.2, 0.25) is 5.91 Å². The van der Waals surface area contributed by atoms with Gasteiger partial charge >= 0.3 is 5.97 Å². The van der Waals surface area contributed by atoms with Crippen molar-refractivity contribution in [3.05, 3.63) is 76.9 Å². The van der Waals surface area contributed by atoms with Gasteiger partial charge in [0.15, 0.2) is 0 Å². The number of nitrogens with one attached hydrogen (secondary N) is 2. The van der Waals surface area contributed by atoms with Crippen molar-refractivity contribution in [2.24, 2.45) is 0 Å². The molecule has 2 N–H and O–H groups in total. The Balaban J connectivity index is 1.48. The summed E-state index contributed by atoms with van der Waals surface area (Å²) < 4.78 is 4.65. The van der Waals surface area contributed by atoms with E-state index in [-0.39, 0.29) is 11.8 Å². The molecule has 0 bridgehead atoms. The summed E-state index contributed by atoms with van der Waals surface area (Å²) in [6, 6.07) is 14.3. The van der Waals surface area contributed by atoms with Gasteiger partial charge in [0.1, 0.15) is 0 Å². The van der Waals surface area contributed by atoms with E-state index in [0.29, 0.717) is 23.7 Å². The third-order valence-electron chi connectivity index (χ3n) is 4.35. The molecule has 0 aliphatic heterocycles. The lowest BCUT2D eigenvalue weighted by Crippen LogP contribution is -2.25. The molecule has 0 radical (unpaired) electrons. The van der Waals surface area contributed by atoms with Crippen molar-refractivity contribution >= 4 is 23.9 Å². The molecule has 1 saturated carbocycles. The molecule has 0 spiro atoms. The van der Waals surface area contributed by atoms with E-state index in [9.17, 15) is 14.4 Å². The molecule has 6 nitrogen and oxygen atoms in total. The lowest BCUT2D eigenvalue weighted by Gasteiger charge is -2.04. The zero-order valence-corrected chi connectivity index (χ0v) is 15.6. The number of carbonyl (C=O) groups excluding carboxylic acids is 3. The first-order valence-corrected chi connectivity index (χ1v) is 9.09. The van der Waals surface area contributed by atoms with Crippen molar-refractivity contribution in [2.45, 2.75) is 25.4 Å². The van der Waals surface area contributed by atoms with Crippen molar-refractivity contribution in [3.8, 4) is 0 Å². The Morgan fingerprint density at radius 1 is 1.00 bits per heavy atom. The topological polar surface area (TPSA) is 84.5 Å². The molecule has 2 aromatic rings. The number of benzene rings is 2. The molecule has 2 amide bonds. The molecule has 3 rings (SSSR count). The van der Waals surface area contributed by atoms with Gasteiger partial charge in [-0.25, -0.2) is 4.79 Å². The highest BCUT2D eigenvalue weighted by Crippen LogP contribution is 2.19. The molecule has 6 heteroatoms. The highest BCUT2D eigenvalue weighted by Gasteiger charge is 2.23. The van der Waals surface area contributed by atoms with Crippen LogP contribution in [0.3, 0.4) is 0 Å². The summed E-state index contributed by atoms with van der Waals surface area (Å²) in [6.45, 7) is 0.352. The van der Waals surface area contributed by atoms with Crippen molar-refractivity contribution in [1.82, 2.24) is 10.6 Å². The molecule has 0 heterocycles. The summed E-state index contributed by atoms with van der Waals surface area (Å²) in [5.41, 5.74) is 2.79. The lowest BCUT2D eigenvalue weighted by molar-refractivity contribution is -0.116. The monoisotopic (exact) mass is 378 g/mol. The molecular formula is C22H22N2O4. The summed E-state index contributed by atoms with van der Waals surface area (Å²) in [4.78, 5) is 35.3. The molecular weight excluding hydrogens is 356 g/mol. The van der Waals surface area contributed by atoms with E-state index in [0.717, 1.165) is 24.0 Å². The number of methoxy groups -OCH3 is 1.